The van der Waals surface area contributed by atoms with E-state index in [4.69, 9.17) is 26.6 Å². The molecule has 0 saturated carbocycles. The molecule has 3 N–H and O–H groups in total. The first-order valence-corrected chi connectivity index (χ1v) is 5.88. The third kappa shape index (κ3) is 4.42. The van der Waals surface area contributed by atoms with Crippen LogP contribution in [0.1, 0.15) is 6.92 Å². The molecule has 0 aromatic heterocycles. The second-order valence-corrected chi connectivity index (χ2v) is 4.18. The van der Waals surface area contributed by atoms with Crippen LogP contribution in [0.3, 0.4) is 0 Å². The highest BCUT2D eigenvalue weighted by Crippen LogP contribution is 2.24. The summed E-state index contributed by atoms with van der Waals surface area (Å²) in [6.07, 6.45) is -0.937. The third-order valence-electron chi connectivity index (χ3n) is 2.31. The van der Waals surface area contributed by atoms with Gasteiger partial charge in [0.1, 0.15) is 11.8 Å². The number of rotatable bonds is 6. The zero-order chi connectivity index (χ0) is 14.4. The van der Waals surface area contributed by atoms with Gasteiger partial charge in [-0.05, 0) is 19.1 Å². The standard InChI is InChI=1S/C12H14ClNO5/c1-7(11(16)14-9(6-15)12(17)18)19-10-5-3-2-4-8(10)13/h2-5,7,9,15H,6H2,1H3,(H,14,16)(H,17,18)/t7?,9-/m0/s1. The van der Waals surface area contributed by atoms with Crippen molar-refractivity contribution >= 4 is 23.5 Å². The molecule has 6 nitrogen and oxygen atoms in total. The molecule has 1 unspecified atom stereocenters. The lowest BCUT2D eigenvalue weighted by Crippen LogP contribution is -2.48. The molecule has 7 heteroatoms. The summed E-state index contributed by atoms with van der Waals surface area (Å²) >= 11 is 5.87. The Balaban J connectivity index is 2.63. The summed E-state index contributed by atoms with van der Waals surface area (Å²) in [5, 5.41) is 20.0. The van der Waals surface area contributed by atoms with E-state index in [9.17, 15) is 9.59 Å². The Labute approximate surface area is 114 Å². The van der Waals surface area contributed by atoms with Crippen molar-refractivity contribution in [3.8, 4) is 5.75 Å². The zero-order valence-electron chi connectivity index (χ0n) is 10.2. The van der Waals surface area contributed by atoms with Crippen molar-refractivity contribution in [3.63, 3.8) is 0 Å². The minimum atomic E-state index is -1.36. The second-order valence-electron chi connectivity index (χ2n) is 3.77. The van der Waals surface area contributed by atoms with Crippen molar-refractivity contribution in [2.45, 2.75) is 19.1 Å². The fourth-order valence-electron chi connectivity index (χ4n) is 1.26. The largest absolute Gasteiger partial charge is 0.480 e. The average Bonchev–Trinajstić information content (AvgIpc) is 2.37. The summed E-state index contributed by atoms with van der Waals surface area (Å²) < 4.78 is 5.31. The Hall–Kier alpha value is -1.79. The van der Waals surface area contributed by atoms with Gasteiger partial charge in [-0.2, -0.15) is 0 Å². The number of ether oxygens (including phenoxy) is 1. The maximum atomic E-state index is 11.7. The van der Waals surface area contributed by atoms with Crippen molar-refractivity contribution in [1.82, 2.24) is 5.32 Å². The van der Waals surface area contributed by atoms with E-state index < -0.39 is 30.6 Å². The minimum Gasteiger partial charge on any atom is -0.480 e. The van der Waals surface area contributed by atoms with E-state index in [0.717, 1.165) is 0 Å². The predicted molar refractivity (Wildman–Crippen MR) is 68.2 cm³/mol. The Morgan fingerprint density at radius 1 is 1.42 bits per heavy atom. The monoisotopic (exact) mass is 287 g/mol. The molecule has 19 heavy (non-hydrogen) atoms. The number of para-hydroxylation sites is 1. The van der Waals surface area contributed by atoms with Crippen molar-refractivity contribution in [3.05, 3.63) is 29.3 Å². The number of carboxylic acids is 1. The summed E-state index contributed by atoms with van der Waals surface area (Å²) in [6.45, 7) is 0.759. The second kappa shape index (κ2) is 6.96. The molecule has 0 aliphatic carbocycles. The third-order valence-corrected chi connectivity index (χ3v) is 2.62. The van der Waals surface area contributed by atoms with E-state index >= 15 is 0 Å². The number of carboxylic acid groups (broad SMARTS) is 1. The van der Waals surface area contributed by atoms with Gasteiger partial charge < -0.3 is 20.3 Å². The van der Waals surface area contributed by atoms with Gasteiger partial charge in [-0.3, -0.25) is 4.79 Å². The fourth-order valence-corrected chi connectivity index (χ4v) is 1.44. The Morgan fingerprint density at radius 2 is 2.05 bits per heavy atom. The highest BCUT2D eigenvalue weighted by Gasteiger charge is 2.23. The quantitative estimate of drug-likeness (QED) is 0.715. The molecular weight excluding hydrogens is 274 g/mol. The molecule has 0 radical (unpaired) electrons. The first kappa shape index (κ1) is 15.3. The molecule has 0 fully saturated rings. The number of amides is 1. The topological polar surface area (TPSA) is 95.9 Å². The van der Waals surface area contributed by atoms with Gasteiger partial charge in [0.2, 0.25) is 0 Å². The number of aliphatic hydroxyl groups excluding tert-OH is 1. The van der Waals surface area contributed by atoms with E-state index in [1.54, 1.807) is 24.3 Å². The molecule has 0 saturated heterocycles. The molecule has 1 rings (SSSR count). The van der Waals surface area contributed by atoms with Crippen LogP contribution >= 0.6 is 11.6 Å². The first-order valence-electron chi connectivity index (χ1n) is 5.51. The number of benzene rings is 1. The van der Waals surface area contributed by atoms with Gasteiger partial charge in [0, 0.05) is 0 Å². The van der Waals surface area contributed by atoms with Crippen molar-refractivity contribution < 1.29 is 24.5 Å². The maximum Gasteiger partial charge on any atom is 0.328 e. The summed E-state index contributed by atoms with van der Waals surface area (Å²) in [5.41, 5.74) is 0. The number of carbonyl (C=O) groups is 2. The molecule has 1 amide bonds. The maximum absolute atomic E-state index is 11.7. The molecule has 0 heterocycles. The summed E-state index contributed by atoms with van der Waals surface area (Å²) in [4.78, 5) is 22.3. The van der Waals surface area contributed by atoms with Gasteiger partial charge in [0.25, 0.3) is 5.91 Å². The summed E-state index contributed by atoms with van der Waals surface area (Å²) in [7, 11) is 0. The molecular formula is C12H14ClNO5. The predicted octanol–water partition coefficient (Wildman–Crippen LogP) is 0.669. The Kier molecular flexibility index (Phi) is 5.59. The average molecular weight is 288 g/mol. The van der Waals surface area contributed by atoms with E-state index in [0.29, 0.717) is 10.8 Å². The van der Waals surface area contributed by atoms with E-state index in [2.05, 4.69) is 5.32 Å². The van der Waals surface area contributed by atoms with Crippen LogP contribution in [-0.4, -0.2) is 40.8 Å². The number of hydrogen-bond acceptors (Lipinski definition) is 4. The van der Waals surface area contributed by atoms with Crippen LogP contribution < -0.4 is 10.1 Å². The molecule has 1 aromatic carbocycles. The van der Waals surface area contributed by atoms with Gasteiger partial charge in [0.05, 0.1) is 11.6 Å². The highest BCUT2D eigenvalue weighted by atomic mass is 35.5. The smallest absolute Gasteiger partial charge is 0.328 e. The highest BCUT2D eigenvalue weighted by molar-refractivity contribution is 6.32. The van der Waals surface area contributed by atoms with Gasteiger partial charge in [-0.15, -0.1) is 0 Å². The van der Waals surface area contributed by atoms with Crippen LogP contribution in [-0.2, 0) is 9.59 Å². The van der Waals surface area contributed by atoms with Crippen molar-refractivity contribution in [2.75, 3.05) is 6.61 Å². The Morgan fingerprint density at radius 3 is 2.58 bits per heavy atom. The van der Waals surface area contributed by atoms with Gasteiger partial charge in [0.15, 0.2) is 6.10 Å². The summed E-state index contributed by atoms with van der Waals surface area (Å²) in [6, 6.07) is 5.25. The van der Waals surface area contributed by atoms with E-state index in [1.165, 1.54) is 6.92 Å². The van der Waals surface area contributed by atoms with Crippen molar-refractivity contribution in [2.24, 2.45) is 0 Å². The Bertz CT molecular complexity index is 465. The van der Waals surface area contributed by atoms with E-state index in [1.807, 2.05) is 0 Å². The molecule has 0 aliphatic heterocycles. The first-order chi connectivity index (χ1) is 8.95. The van der Waals surface area contributed by atoms with Crippen LogP contribution in [0, 0.1) is 0 Å². The number of halogens is 1. The SMILES string of the molecule is CC(Oc1ccccc1Cl)C(=O)N[C@@H](CO)C(=O)O. The number of aliphatic carboxylic acids is 1. The normalized spacial score (nSPS) is 13.4. The van der Waals surface area contributed by atoms with Crippen LogP contribution in [0.4, 0.5) is 0 Å². The van der Waals surface area contributed by atoms with Crippen LogP contribution in [0.15, 0.2) is 24.3 Å². The van der Waals surface area contributed by atoms with Gasteiger partial charge in [-0.1, -0.05) is 23.7 Å². The minimum absolute atomic E-state index is 0.322. The molecule has 0 aliphatic rings. The van der Waals surface area contributed by atoms with Crippen molar-refractivity contribution in [1.29, 1.82) is 0 Å². The molecule has 0 spiro atoms. The van der Waals surface area contributed by atoms with E-state index in [-0.39, 0.29) is 0 Å². The molecule has 104 valence electrons. The number of aliphatic hydroxyl groups is 1. The lowest BCUT2D eigenvalue weighted by Gasteiger charge is -2.18. The van der Waals surface area contributed by atoms with Gasteiger partial charge >= 0.3 is 5.97 Å². The van der Waals surface area contributed by atoms with Crippen LogP contribution in [0.25, 0.3) is 0 Å². The fraction of sp³-hybridized carbons (Fsp3) is 0.333. The summed E-state index contributed by atoms with van der Waals surface area (Å²) in [5.74, 6) is -1.65. The molecule has 1 aromatic rings. The lowest BCUT2D eigenvalue weighted by molar-refractivity contribution is -0.144. The number of carbonyl (C=O) groups excluding carboxylic acids is 1. The zero-order valence-corrected chi connectivity index (χ0v) is 10.9. The van der Waals surface area contributed by atoms with Crippen LogP contribution in [0.2, 0.25) is 5.02 Å². The number of hydrogen-bond donors (Lipinski definition) is 3. The molecule has 2 atom stereocenters. The van der Waals surface area contributed by atoms with Gasteiger partial charge in [-0.25, -0.2) is 4.79 Å². The lowest BCUT2D eigenvalue weighted by atomic mass is 10.2. The number of nitrogens with one attached hydrogen (secondary N) is 1. The molecule has 0 bridgehead atoms. The van der Waals surface area contributed by atoms with Crippen LogP contribution in [0.5, 0.6) is 5.75 Å².